The predicted octanol–water partition coefficient (Wildman–Crippen LogP) is 1.51. The van der Waals surface area contributed by atoms with Gasteiger partial charge >= 0.3 is 0 Å². The second kappa shape index (κ2) is 3.74. The molecule has 1 saturated heterocycles. The molecule has 64 valence electrons. The van der Waals surface area contributed by atoms with E-state index in [-0.39, 0.29) is 0 Å². The molecular weight excluding hydrogens is 138 g/mol. The van der Waals surface area contributed by atoms with E-state index in [0.29, 0.717) is 0 Å². The van der Waals surface area contributed by atoms with Gasteiger partial charge in [-0.2, -0.15) is 0 Å². The number of carbonyl (C=O) groups excluding carboxylic acids is 1. The Morgan fingerprint density at radius 1 is 1.55 bits per heavy atom. The van der Waals surface area contributed by atoms with E-state index in [1.807, 2.05) is 4.90 Å². The van der Waals surface area contributed by atoms with Gasteiger partial charge < -0.3 is 4.90 Å². The van der Waals surface area contributed by atoms with Crippen LogP contribution in [0.5, 0.6) is 0 Å². The Bertz CT molecular complexity index is 134. The lowest BCUT2D eigenvalue weighted by molar-refractivity contribution is -0.120. The Kier molecular flexibility index (Phi) is 2.92. The molecule has 0 aromatic carbocycles. The SMILES string of the molecule is CC(C)C1CCCN(C=O)C1. The van der Waals surface area contributed by atoms with Crippen LogP contribution in [-0.2, 0) is 4.79 Å². The van der Waals surface area contributed by atoms with Gasteiger partial charge in [-0.1, -0.05) is 13.8 Å². The molecule has 0 aliphatic carbocycles. The quantitative estimate of drug-likeness (QED) is 0.553. The van der Waals surface area contributed by atoms with Gasteiger partial charge in [0.1, 0.15) is 0 Å². The zero-order valence-corrected chi connectivity index (χ0v) is 7.42. The van der Waals surface area contributed by atoms with E-state index in [9.17, 15) is 4.79 Å². The lowest BCUT2D eigenvalue weighted by Crippen LogP contribution is -2.36. The third kappa shape index (κ3) is 2.21. The Balaban J connectivity index is 2.39. The summed E-state index contributed by atoms with van der Waals surface area (Å²) in [6.45, 7) is 6.41. The first-order valence-electron chi connectivity index (χ1n) is 4.43. The fraction of sp³-hybridized carbons (Fsp3) is 0.889. The summed E-state index contributed by atoms with van der Waals surface area (Å²) < 4.78 is 0. The summed E-state index contributed by atoms with van der Waals surface area (Å²) in [5.41, 5.74) is 0. The fourth-order valence-corrected chi connectivity index (χ4v) is 1.68. The molecule has 0 aromatic rings. The van der Waals surface area contributed by atoms with Crippen LogP contribution in [0.4, 0.5) is 0 Å². The minimum absolute atomic E-state index is 0.720. The third-order valence-electron chi connectivity index (χ3n) is 2.58. The molecule has 1 unspecified atom stereocenters. The Morgan fingerprint density at radius 2 is 2.27 bits per heavy atom. The highest BCUT2D eigenvalue weighted by Gasteiger charge is 2.20. The summed E-state index contributed by atoms with van der Waals surface area (Å²) in [6, 6.07) is 0. The first kappa shape index (κ1) is 8.57. The summed E-state index contributed by atoms with van der Waals surface area (Å²) in [4.78, 5) is 12.4. The first-order chi connectivity index (χ1) is 5.24. The minimum atomic E-state index is 0.720. The second-order valence-corrected chi connectivity index (χ2v) is 3.75. The van der Waals surface area contributed by atoms with E-state index < -0.39 is 0 Å². The molecule has 0 bridgehead atoms. The lowest BCUT2D eigenvalue weighted by Gasteiger charge is -2.32. The maximum Gasteiger partial charge on any atom is 0.209 e. The summed E-state index contributed by atoms with van der Waals surface area (Å²) in [6.07, 6.45) is 3.46. The summed E-state index contributed by atoms with van der Waals surface area (Å²) >= 11 is 0. The van der Waals surface area contributed by atoms with E-state index >= 15 is 0 Å². The number of nitrogens with zero attached hydrogens (tertiary/aromatic N) is 1. The molecule has 0 radical (unpaired) electrons. The van der Waals surface area contributed by atoms with Gasteiger partial charge in [0.25, 0.3) is 0 Å². The van der Waals surface area contributed by atoms with Gasteiger partial charge in [0.2, 0.25) is 6.41 Å². The molecule has 1 aliphatic heterocycles. The van der Waals surface area contributed by atoms with Gasteiger partial charge in [-0.25, -0.2) is 0 Å². The molecule has 11 heavy (non-hydrogen) atoms. The largest absolute Gasteiger partial charge is 0.345 e. The van der Waals surface area contributed by atoms with Gasteiger partial charge in [0, 0.05) is 13.1 Å². The number of hydrogen-bond acceptors (Lipinski definition) is 1. The lowest BCUT2D eigenvalue weighted by atomic mass is 9.88. The first-order valence-corrected chi connectivity index (χ1v) is 4.43. The molecule has 1 aliphatic rings. The number of hydrogen-bond donors (Lipinski definition) is 0. The smallest absolute Gasteiger partial charge is 0.209 e. The highest BCUT2D eigenvalue weighted by Crippen LogP contribution is 2.22. The Hall–Kier alpha value is -0.530. The Morgan fingerprint density at radius 3 is 2.82 bits per heavy atom. The van der Waals surface area contributed by atoms with E-state index in [1.54, 1.807) is 0 Å². The maximum absolute atomic E-state index is 10.5. The van der Waals surface area contributed by atoms with Crippen LogP contribution < -0.4 is 0 Å². The van der Waals surface area contributed by atoms with Crippen LogP contribution in [0.15, 0.2) is 0 Å². The molecular formula is C9H17NO. The van der Waals surface area contributed by atoms with Gasteiger partial charge in [0.05, 0.1) is 0 Å². The molecule has 2 heteroatoms. The van der Waals surface area contributed by atoms with Gasteiger partial charge in [-0.3, -0.25) is 4.79 Å². The van der Waals surface area contributed by atoms with Crippen molar-refractivity contribution in [3.05, 3.63) is 0 Å². The van der Waals surface area contributed by atoms with Crippen LogP contribution in [0, 0.1) is 11.8 Å². The standard InChI is InChI=1S/C9H17NO/c1-8(2)9-4-3-5-10(6-9)7-11/h7-9H,3-6H2,1-2H3. The van der Waals surface area contributed by atoms with Crippen LogP contribution in [0.2, 0.25) is 0 Å². The highest BCUT2D eigenvalue weighted by molar-refractivity contribution is 5.47. The van der Waals surface area contributed by atoms with Crippen LogP contribution in [0.3, 0.4) is 0 Å². The zero-order valence-electron chi connectivity index (χ0n) is 7.42. The van der Waals surface area contributed by atoms with Crippen molar-refractivity contribution >= 4 is 6.41 Å². The molecule has 2 nitrogen and oxygen atoms in total. The number of piperidine rings is 1. The molecule has 1 fully saturated rings. The van der Waals surface area contributed by atoms with Gasteiger partial charge in [-0.05, 0) is 24.7 Å². The van der Waals surface area contributed by atoms with E-state index in [1.165, 1.54) is 12.8 Å². The van der Waals surface area contributed by atoms with Crippen molar-refractivity contribution in [1.29, 1.82) is 0 Å². The molecule has 1 rings (SSSR count). The van der Waals surface area contributed by atoms with E-state index in [4.69, 9.17) is 0 Å². The molecule has 0 N–H and O–H groups in total. The molecule has 1 amide bonds. The van der Waals surface area contributed by atoms with Crippen molar-refractivity contribution in [2.45, 2.75) is 26.7 Å². The van der Waals surface area contributed by atoms with Gasteiger partial charge in [0.15, 0.2) is 0 Å². The minimum Gasteiger partial charge on any atom is -0.345 e. The monoisotopic (exact) mass is 155 g/mol. The molecule has 0 spiro atoms. The van der Waals surface area contributed by atoms with Crippen LogP contribution >= 0.6 is 0 Å². The predicted molar refractivity (Wildman–Crippen MR) is 45.2 cm³/mol. The highest BCUT2D eigenvalue weighted by atomic mass is 16.1. The molecule has 1 atom stereocenters. The van der Waals surface area contributed by atoms with Crippen molar-refractivity contribution in [3.8, 4) is 0 Å². The van der Waals surface area contributed by atoms with E-state index in [0.717, 1.165) is 31.3 Å². The van der Waals surface area contributed by atoms with Crippen molar-refractivity contribution in [2.24, 2.45) is 11.8 Å². The Labute approximate surface area is 68.6 Å². The van der Waals surface area contributed by atoms with Crippen LogP contribution in [0.1, 0.15) is 26.7 Å². The molecule has 1 heterocycles. The van der Waals surface area contributed by atoms with Crippen LogP contribution in [0.25, 0.3) is 0 Å². The topological polar surface area (TPSA) is 20.3 Å². The number of carbonyl (C=O) groups is 1. The van der Waals surface area contributed by atoms with Crippen molar-refractivity contribution < 1.29 is 4.79 Å². The number of likely N-dealkylation sites (tertiary alicyclic amines) is 1. The van der Waals surface area contributed by atoms with Gasteiger partial charge in [-0.15, -0.1) is 0 Å². The molecule has 0 saturated carbocycles. The number of rotatable bonds is 2. The summed E-state index contributed by atoms with van der Waals surface area (Å²) in [7, 11) is 0. The average molecular weight is 155 g/mol. The van der Waals surface area contributed by atoms with Crippen molar-refractivity contribution in [1.82, 2.24) is 4.90 Å². The maximum atomic E-state index is 10.5. The zero-order chi connectivity index (χ0) is 8.27. The average Bonchev–Trinajstić information content (AvgIpc) is 2.05. The fourth-order valence-electron chi connectivity index (χ4n) is 1.68. The van der Waals surface area contributed by atoms with Crippen molar-refractivity contribution in [2.75, 3.05) is 13.1 Å². The third-order valence-corrected chi connectivity index (χ3v) is 2.58. The molecule has 0 aromatic heterocycles. The normalized spacial score (nSPS) is 25.7. The van der Waals surface area contributed by atoms with Crippen molar-refractivity contribution in [3.63, 3.8) is 0 Å². The van der Waals surface area contributed by atoms with Crippen LogP contribution in [-0.4, -0.2) is 24.4 Å². The van der Waals surface area contributed by atoms with E-state index in [2.05, 4.69) is 13.8 Å². The second-order valence-electron chi connectivity index (χ2n) is 3.75. The number of amides is 1. The summed E-state index contributed by atoms with van der Waals surface area (Å²) in [5.74, 6) is 1.45. The summed E-state index contributed by atoms with van der Waals surface area (Å²) in [5, 5.41) is 0.